The van der Waals surface area contributed by atoms with Crippen LogP contribution in [0.2, 0.25) is 0 Å². The van der Waals surface area contributed by atoms with Crippen LogP contribution in [0.5, 0.6) is 0 Å². The molecular weight excluding hydrogens is 246 g/mol. The summed E-state index contributed by atoms with van der Waals surface area (Å²) in [5.41, 5.74) is 11.1. The van der Waals surface area contributed by atoms with Crippen molar-refractivity contribution in [3.05, 3.63) is 46.9 Å². The number of hydrogen-bond acceptors (Lipinski definition) is 3. The summed E-state index contributed by atoms with van der Waals surface area (Å²) in [6.45, 7) is 6.55. The van der Waals surface area contributed by atoms with Crippen LogP contribution in [-0.4, -0.2) is 9.97 Å². The highest BCUT2D eigenvalue weighted by Gasteiger charge is 2.04. The van der Waals surface area contributed by atoms with Crippen LogP contribution >= 0.6 is 12.4 Å². The number of aromatic nitrogens is 2. The van der Waals surface area contributed by atoms with E-state index in [9.17, 15) is 0 Å². The summed E-state index contributed by atoms with van der Waals surface area (Å²) >= 11 is 0. The lowest BCUT2D eigenvalue weighted by atomic mass is 10.0. The monoisotopic (exact) mass is 263 g/mol. The molecule has 1 heterocycles. The summed E-state index contributed by atoms with van der Waals surface area (Å²) in [4.78, 5) is 8.74. The first kappa shape index (κ1) is 14.6. The second-order valence-corrected chi connectivity index (χ2v) is 4.29. The molecule has 3 nitrogen and oxygen atoms in total. The minimum Gasteiger partial charge on any atom is -0.325 e. The maximum atomic E-state index is 5.63. The van der Waals surface area contributed by atoms with Crippen molar-refractivity contribution < 1.29 is 0 Å². The molecule has 2 aromatic rings. The van der Waals surface area contributed by atoms with Crippen LogP contribution < -0.4 is 5.73 Å². The molecule has 2 N–H and O–H groups in total. The smallest absolute Gasteiger partial charge is 0.126 e. The SMILES string of the molecule is Cc1nc(CN)cc(-c2ccc(C)c(C)c2)n1.Cl. The highest BCUT2D eigenvalue weighted by molar-refractivity contribution is 5.85. The Kier molecular flexibility index (Phi) is 4.82. The first-order valence-corrected chi connectivity index (χ1v) is 5.72. The van der Waals surface area contributed by atoms with E-state index in [4.69, 9.17) is 5.73 Å². The van der Waals surface area contributed by atoms with Gasteiger partial charge in [0.15, 0.2) is 0 Å². The lowest BCUT2D eigenvalue weighted by Gasteiger charge is -2.07. The van der Waals surface area contributed by atoms with E-state index in [1.54, 1.807) is 0 Å². The Hall–Kier alpha value is -1.45. The summed E-state index contributed by atoms with van der Waals surface area (Å²) in [6.07, 6.45) is 0. The highest BCUT2D eigenvalue weighted by Crippen LogP contribution is 2.20. The zero-order valence-electron chi connectivity index (χ0n) is 10.9. The van der Waals surface area contributed by atoms with E-state index in [1.165, 1.54) is 11.1 Å². The first-order chi connectivity index (χ1) is 8.10. The molecular formula is C14H18ClN3. The van der Waals surface area contributed by atoms with Gasteiger partial charge in [0.1, 0.15) is 5.82 Å². The molecule has 0 saturated heterocycles. The Morgan fingerprint density at radius 2 is 1.72 bits per heavy atom. The molecule has 18 heavy (non-hydrogen) atoms. The third kappa shape index (κ3) is 3.06. The van der Waals surface area contributed by atoms with E-state index in [2.05, 4.69) is 42.0 Å². The van der Waals surface area contributed by atoms with Gasteiger partial charge < -0.3 is 5.73 Å². The molecule has 0 atom stereocenters. The van der Waals surface area contributed by atoms with Crippen LogP contribution in [0.1, 0.15) is 22.6 Å². The number of hydrogen-bond donors (Lipinski definition) is 1. The van der Waals surface area contributed by atoms with E-state index in [-0.39, 0.29) is 12.4 Å². The van der Waals surface area contributed by atoms with Gasteiger partial charge in [0.2, 0.25) is 0 Å². The van der Waals surface area contributed by atoms with Crippen molar-refractivity contribution >= 4 is 12.4 Å². The molecule has 0 aliphatic carbocycles. The molecule has 0 saturated carbocycles. The minimum atomic E-state index is 0. The highest BCUT2D eigenvalue weighted by atomic mass is 35.5. The second kappa shape index (κ2) is 5.94. The Morgan fingerprint density at radius 1 is 1.00 bits per heavy atom. The molecule has 1 aromatic heterocycles. The van der Waals surface area contributed by atoms with E-state index in [1.807, 2.05) is 13.0 Å². The molecule has 4 heteroatoms. The molecule has 0 fully saturated rings. The fraction of sp³-hybridized carbons (Fsp3) is 0.286. The molecule has 0 spiro atoms. The van der Waals surface area contributed by atoms with E-state index in [0.717, 1.165) is 22.8 Å². The quantitative estimate of drug-likeness (QED) is 0.906. The van der Waals surface area contributed by atoms with Gasteiger partial charge >= 0.3 is 0 Å². The molecule has 0 unspecified atom stereocenters. The van der Waals surface area contributed by atoms with Gasteiger partial charge in [-0.2, -0.15) is 0 Å². The van der Waals surface area contributed by atoms with Crippen molar-refractivity contribution in [3.8, 4) is 11.3 Å². The number of nitrogens with two attached hydrogens (primary N) is 1. The largest absolute Gasteiger partial charge is 0.325 e. The van der Waals surface area contributed by atoms with Gasteiger partial charge in [-0.05, 0) is 44.0 Å². The second-order valence-electron chi connectivity index (χ2n) is 4.29. The van der Waals surface area contributed by atoms with Crippen LogP contribution in [-0.2, 0) is 6.54 Å². The molecule has 0 amide bonds. The van der Waals surface area contributed by atoms with Gasteiger partial charge in [0.25, 0.3) is 0 Å². The average Bonchev–Trinajstić information content (AvgIpc) is 2.32. The van der Waals surface area contributed by atoms with Gasteiger partial charge in [0, 0.05) is 12.1 Å². The van der Waals surface area contributed by atoms with Crippen molar-refractivity contribution in [2.45, 2.75) is 27.3 Å². The van der Waals surface area contributed by atoms with Gasteiger partial charge in [-0.15, -0.1) is 12.4 Å². The maximum absolute atomic E-state index is 5.63. The van der Waals surface area contributed by atoms with E-state index >= 15 is 0 Å². The molecule has 2 rings (SSSR count). The molecule has 1 aromatic carbocycles. The average molecular weight is 264 g/mol. The predicted octanol–water partition coefficient (Wildman–Crippen LogP) is 2.95. The van der Waals surface area contributed by atoms with Gasteiger partial charge in [0.05, 0.1) is 11.4 Å². The molecule has 96 valence electrons. The zero-order chi connectivity index (χ0) is 12.4. The number of benzene rings is 1. The third-order valence-corrected chi connectivity index (χ3v) is 2.90. The van der Waals surface area contributed by atoms with Crippen molar-refractivity contribution in [1.29, 1.82) is 0 Å². The fourth-order valence-corrected chi connectivity index (χ4v) is 1.78. The molecule has 0 aliphatic rings. The Morgan fingerprint density at radius 3 is 2.33 bits per heavy atom. The lowest BCUT2D eigenvalue weighted by Crippen LogP contribution is -2.03. The van der Waals surface area contributed by atoms with Crippen molar-refractivity contribution in [3.63, 3.8) is 0 Å². The van der Waals surface area contributed by atoms with Gasteiger partial charge in [-0.1, -0.05) is 12.1 Å². The van der Waals surface area contributed by atoms with E-state index in [0.29, 0.717) is 6.54 Å². The number of rotatable bonds is 2. The Balaban J connectivity index is 0.00000162. The van der Waals surface area contributed by atoms with Gasteiger partial charge in [-0.25, -0.2) is 9.97 Å². The minimum absolute atomic E-state index is 0. The standard InChI is InChI=1S/C14H17N3.ClH/c1-9-4-5-12(6-10(9)2)14-7-13(8-15)16-11(3)17-14;/h4-7H,8,15H2,1-3H3;1H. The number of halogens is 1. The predicted molar refractivity (Wildman–Crippen MR) is 76.8 cm³/mol. The summed E-state index contributed by atoms with van der Waals surface area (Å²) in [5.74, 6) is 0.765. The summed E-state index contributed by atoms with van der Waals surface area (Å²) < 4.78 is 0. The maximum Gasteiger partial charge on any atom is 0.126 e. The number of nitrogens with zero attached hydrogens (tertiary/aromatic N) is 2. The zero-order valence-corrected chi connectivity index (χ0v) is 11.7. The van der Waals surface area contributed by atoms with Crippen molar-refractivity contribution in [2.24, 2.45) is 5.73 Å². The summed E-state index contributed by atoms with van der Waals surface area (Å²) in [5, 5.41) is 0. The van der Waals surface area contributed by atoms with Crippen molar-refractivity contribution in [2.75, 3.05) is 0 Å². The molecule has 0 aliphatic heterocycles. The molecule has 0 bridgehead atoms. The van der Waals surface area contributed by atoms with Crippen LogP contribution in [0.3, 0.4) is 0 Å². The third-order valence-electron chi connectivity index (χ3n) is 2.90. The summed E-state index contributed by atoms with van der Waals surface area (Å²) in [6, 6.07) is 8.31. The topological polar surface area (TPSA) is 51.8 Å². The van der Waals surface area contributed by atoms with Gasteiger partial charge in [-0.3, -0.25) is 0 Å². The molecule has 0 radical (unpaired) electrons. The van der Waals surface area contributed by atoms with Crippen LogP contribution in [0.4, 0.5) is 0 Å². The fourth-order valence-electron chi connectivity index (χ4n) is 1.78. The Labute approximate surface area is 114 Å². The van der Waals surface area contributed by atoms with Crippen LogP contribution in [0.25, 0.3) is 11.3 Å². The lowest BCUT2D eigenvalue weighted by molar-refractivity contribution is 0.929. The van der Waals surface area contributed by atoms with E-state index < -0.39 is 0 Å². The Bertz CT molecular complexity index is 553. The summed E-state index contributed by atoms with van der Waals surface area (Å²) in [7, 11) is 0. The normalized spacial score (nSPS) is 10.0. The van der Waals surface area contributed by atoms with Crippen molar-refractivity contribution in [1.82, 2.24) is 9.97 Å². The number of aryl methyl sites for hydroxylation is 3. The van der Waals surface area contributed by atoms with Crippen LogP contribution in [0, 0.1) is 20.8 Å². The van der Waals surface area contributed by atoms with Crippen LogP contribution in [0.15, 0.2) is 24.3 Å². The first-order valence-electron chi connectivity index (χ1n) is 5.72.